The van der Waals surface area contributed by atoms with E-state index in [2.05, 4.69) is 26.1 Å². The largest absolute Gasteiger partial charge is 0.381 e. The van der Waals surface area contributed by atoms with Crippen molar-refractivity contribution in [1.82, 2.24) is 10.1 Å². The first kappa shape index (κ1) is 12.7. The quantitative estimate of drug-likeness (QED) is 0.847. The van der Waals surface area contributed by atoms with E-state index in [9.17, 15) is 4.39 Å². The van der Waals surface area contributed by atoms with Crippen LogP contribution in [0.15, 0.2) is 27.2 Å². The van der Waals surface area contributed by atoms with Crippen molar-refractivity contribution in [2.75, 3.05) is 13.2 Å². The Morgan fingerprint density at radius 1 is 1.37 bits per heavy atom. The van der Waals surface area contributed by atoms with Gasteiger partial charge in [-0.05, 0) is 47.0 Å². The number of hydrogen-bond donors (Lipinski definition) is 0. The molecular formula is C13H12BrFN2O2. The van der Waals surface area contributed by atoms with Crippen LogP contribution in [0.1, 0.15) is 24.7 Å². The average molecular weight is 327 g/mol. The molecule has 1 unspecified atom stereocenters. The minimum absolute atomic E-state index is 0.148. The lowest BCUT2D eigenvalue weighted by Crippen LogP contribution is -2.15. The van der Waals surface area contributed by atoms with Gasteiger partial charge in [0.05, 0.1) is 17.0 Å². The van der Waals surface area contributed by atoms with Crippen molar-refractivity contribution < 1.29 is 13.7 Å². The number of nitrogens with zero attached hydrogens (tertiary/aromatic N) is 2. The Bertz CT molecular complexity index is 582. The van der Waals surface area contributed by atoms with Gasteiger partial charge in [0, 0.05) is 12.2 Å². The molecule has 2 heterocycles. The summed E-state index contributed by atoms with van der Waals surface area (Å²) < 4.78 is 24.5. The highest BCUT2D eigenvalue weighted by Crippen LogP contribution is 2.27. The summed E-state index contributed by atoms with van der Waals surface area (Å²) in [6.07, 6.45) is 1.98. The molecule has 19 heavy (non-hydrogen) atoms. The van der Waals surface area contributed by atoms with Gasteiger partial charge in [0.2, 0.25) is 11.7 Å². The molecule has 6 heteroatoms. The van der Waals surface area contributed by atoms with Crippen molar-refractivity contribution >= 4 is 15.9 Å². The van der Waals surface area contributed by atoms with Crippen LogP contribution in [-0.4, -0.2) is 23.4 Å². The van der Waals surface area contributed by atoms with Crippen molar-refractivity contribution in [1.29, 1.82) is 0 Å². The van der Waals surface area contributed by atoms with E-state index in [1.54, 1.807) is 12.1 Å². The van der Waals surface area contributed by atoms with E-state index >= 15 is 0 Å². The van der Waals surface area contributed by atoms with E-state index in [4.69, 9.17) is 9.26 Å². The van der Waals surface area contributed by atoms with Gasteiger partial charge in [0.15, 0.2) is 0 Å². The minimum atomic E-state index is -0.343. The van der Waals surface area contributed by atoms with Gasteiger partial charge in [-0.1, -0.05) is 5.16 Å². The van der Waals surface area contributed by atoms with Crippen molar-refractivity contribution in [3.05, 3.63) is 34.4 Å². The van der Waals surface area contributed by atoms with Gasteiger partial charge in [0.1, 0.15) is 5.82 Å². The summed E-state index contributed by atoms with van der Waals surface area (Å²) in [6.45, 7) is 1.39. The van der Waals surface area contributed by atoms with Gasteiger partial charge in [0.25, 0.3) is 0 Å². The van der Waals surface area contributed by atoms with E-state index in [0.717, 1.165) is 19.4 Å². The van der Waals surface area contributed by atoms with E-state index in [1.165, 1.54) is 6.07 Å². The predicted octanol–water partition coefficient (Wildman–Crippen LogP) is 3.53. The van der Waals surface area contributed by atoms with Crippen LogP contribution >= 0.6 is 15.9 Å². The number of benzene rings is 1. The van der Waals surface area contributed by atoms with Crippen LogP contribution in [0.5, 0.6) is 0 Å². The zero-order valence-corrected chi connectivity index (χ0v) is 11.7. The SMILES string of the molecule is Fc1cc(-c2noc(C3CCCOC3)n2)ccc1Br. The Morgan fingerprint density at radius 2 is 2.26 bits per heavy atom. The molecule has 0 saturated carbocycles. The zero-order valence-electron chi connectivity index (χ0n) is 10.1. The van der Waals surface area contributed by atoms with Crippen LogP contribution in [0.25, 0.3) is 11.4 Å². The Balaban J connectivity index is 1.85. The fourth-order valence-electron chi connectivity index (χ4n) is 2.09. The molecular weight excluding hydrogens is 315 g/mol. The number of ether oxygens (including phenoxy) is 1. The van der Waals surface area contributed by atoms with Gasteiger partial charge in [-0.25, -0.2) is 4.39 Å². The number of rotatable bonds is 2. The molecule has 4 nitrogen and oxygen atoms in total. The summed E-state index contributed by atoms with van der Waals surface area (Å²) in [6, 6.07) is 4.76. The molecule has 1 aliphatic heterocycles. The molecule has 1 fully saturated rings. The van der Waals surface area contributed by atoms with E-state index in [-0.39, 0.29) is 11.7 Å². The van der Waals surface area contributed by atoms with Crippen LogP contribution in [0.4, 0.5) is 4.39 Å². The highest BCUT2D eigenvalue weighted by atomic mass is 79.9. The summed E-state index contributed by atoms with van der Waals surface area (Å²) in [4.78, 5) is 4.34. The maximum absolute atomic E-state index is 13.5. The molecule has 0 aliphatic carbocycles. The predicted molar refractivity (Wildman–Crippen MR) is 70.2 cm³/mol. The molecule has 3 rings (SSSR count). The Labute approximate surface area is 118 Å². The number of hydrogen-bond acceptors (Lipinski definition) is 4. The number of aromatic nitrogens is 2. The Kier molecular flexibility index (Phi) is 3.61. The molecule has 0 bridgehead atoms. The van der Waals surface area contributed by atoms with Gasteiger partial charge in [-0.3, -0.25) is 0 Å². The van der Waals surface area contributed by atoms with Crippen LogP contribution in [0.2, 0.25) is 0 Å². The van der Waals surface area contributed by atoms with Gasteiger partial charge in [-0.2, -0.15) is 4.98 Å². The van der Waals surface area contributed by atoms with Crippen LogP contribution in [-0.2, 0) is 4.74 Å². The minimum Gasteiger partial charge on any atom is -0.381 e. The summed E-state index contributed by atoms with van der Waals surface area (Å²) >= 11 is 3.11. The second-order valence-electron chi connectivity index (χ2n) is 4.50. The fraction of sp³-hybridized carbons (Fsp3) is 0.385. The highest BCUT2D eigenvalue weighted by molar-refractivity contribution is 9.10. The molecule has 1 saturated heterocycles. The average Bonchev–Trinajstić information content (AvgIpc) is 2.93. The van der Waals surface area contributed by atoms with E-state index < -0.39 is 0 Å². The van der Waals surface area contributed by atoms with E-state index in [0.29, 0.717) is 28.4 Å². The molecule has 0 amide bonds. The first-order valence-electron chi connectivity index (χ1n) is 6.11. The lowest BCUT2D eigenvalue weighted by atomic mass is 10.0. The van der Waals surface area contributed by atoms with Gasteiger partial charge < -0.3 is 9.26 Å². The molecule has 0 N–H and O–H groups in total. The monoisotopic (exact) mass is 326 g/mol. The molecule has 1 atom stereocenters. The third-order valence-electron chi connectivity index (χ3n) is 3.13. The highest BCUT2D eigenvalue weighted by Gasteiger charge is 2.22. The summed E-state index contributed by atoms with van der Waals surface area (Å²) in [5, 5.41) is 3.91. The second kappa shape index (κ2) is 5.38. The molecule has 0 radical (unpaired) electrons. The zero-order chi connectivity index (χ0) is 13.2. The summed E-state index contributed by atoms with van der Waals surface area (Å²) in [5.41, 5.74) is 0.604. The van der Waals surface area contributed by atoms with Crippen LogP contribution in [0, 0.1) is 5.82 Å². The second-order valence-corrected chi connectivity index (χ2v) is 5.35. The van der Waals surface area contributed by atoms with Crippen molar-refractivity contribution in [2.45, 2.75) is 18.8 Å². The maximum atomic E-state index is 13.5. The molecule has 100 valence electrons. The molecule has 1 aliphatic rings. The Morgan fingerprint density at radius 3 is 3.00 bits per heavy atom. The fourth-order valence-corrected chi connectivity index (χ4v) is 2.34. The maximum Gasteiger partial charge on any atom is 0.232 e. The summed E-state index contributed by atoms with van der Waals surface area (Å²) in [5.74, 6) is 0.783. The lowest BCUT2D eigenvalue weighted by molar-refractivity contribution is 0.0705. The standard InChI is InChI=1S/C13H12BrFN2O2/c14-10-4-3-8(6-11(10)15)12-16-13(19-17-12)9-2-1-5-18-7-9/h3-4,6,9H,1-2,5,7H2. The van der Waals surface area contributed by atoms with Gasteiger partial charge >= 0.3 is 0 Å². The molecule has 0 spiro atoms. The topological polar surface area (TPSA) is 48.2 Å². The lowest BCUT2D eigenvalue weighted by Gasteiger charge is -2.17. The van der Waals surface area contributed by atoms with Crippen LogP contribution in [0.3, 0.4) is 0 Å². The summed E-state index contributed by atoms with van der Waals surface area (Å²) in [7, 11) is 0. The smallest absolute Gasteiger partial charge is 0.232 e. The number of halogens is 2. The van der Waals surface area contributed by atoms with Crippen molar-refractivity contribution in [3.63, 3.8) is 0 Å². The van der Waals surface area contributed by atoms with E-state index in [1.807, 2.05) is 0 Å². The third-order valence-corrected chi connectivity index (χ3v) is 3.77. The van der Waals surface area contributed by atoms with Crippen molar-refractivity contribution in [3.8, 4) is 11.4 Å². The third kappa shape index (κ3) is 2.69. The Hall–Kier alpha value is -1.27. The normalized spacial score (nSPS) is 19.6. The molecule has 1 aromatic heterocycles. The molecule has 2 aromatic rings. The first-order valence-corrected chi connectivity index (χ1v) is 6.90. The van der Waals surface area contributed by atoms with Gasteiger partial charge in [-0.15, -0.1) is 0 Å². The first-order chi connectivity index (χ1) is 9.24. The van der Waals surface area contributed by atoms with Crippen LogP contribution < -0.4 is 0 Å². The van der Waals surface area contributed by atoms with Crippen molar-refractivity contribution in [2.24, 2.45) is 0 Å². The molecule has 1 aromatic carbocycles.